The van der Waals surface area contributed by atoms with E-state index in [1.165, 1.54) is 16.7 Å². The first-order valence-corrected chi connectivity index (χ1v) is 13.3. The number of ether oxygens (including phenoxy) is 1. The molecule has 37 heavy (non-hydrogen) atoms. The number of benzene rings is 3. The molecule has 3 rings (SSSR count). The second kappa shape index (κ2) is 12.0. The van der Waals surface area contributed by atoms with E-state index in [0.29, 0.717) is 12.4 Å². The van der Waals surface area contributed by atoms with Crippen LogP contribution in [0.3, 0.4) is 0 Å². The predicted octanol–water partition coefficient (Wildman–Crippen LogP) is 7.72. The molecule has 0 heterocycles. The standard InChI is InChI=1S/C33H42O4/c1-7-33(8-2,26-16-14-25(23(3)20-26)15-19-30(34)32(4,5)6)27-17-18-29(28(21-27)31(35)36)37-22-24-12-10-9-11-13-24/h9-14,16-18,20-21,30,34H,7-8,15,19,22H2,1-6H3,(H,35,36). The van der Waals surface area contributed by atoms with Crippen molar-refractivity contribution in [3.05, 3.63) is 100 Å². The number of aliphatic hydroxyl groups is 1. The number of aliphatic hydroxyl groups excluding tert-OH is 1. The van der Waals surface area contributed by atoms with Crippen molar-refractivity contribution in [3.8, 4) is 5.75 Å². The highest BCUT2D eigenvalue weighted by molar-refractivity contribution is 5.91. The number of rotatable bonds is 11. The van der Waals surface area contributed by atoms with Crippen molar-refractivity contribution >= 4 is 5.97 Å². The molecule has 4 nitrogen and oxygen atoms in total. The Morgan fingerprint density at radius 3 is 2.11 bits per heavy atom. The fourth-order valence-electron chi connectivity index (χ4n) is 5.09. The molecule has 0 amide bonds. The first-order valence-electron chi connectivity index (χ1n) is 13.3. The van der Waals surface area contributed by atoms with E-state index in [1.807, 2.05) is 36.4 Å². The summed E-state index contributed by atoms with van der Waals surface area (Å²) in [6, 6.07) is 22.0. The highest BCUT2D eigenvalue weighted by atomic mass is 16.5. The Morgan fingerprint density at radius 1 is 0.919 bits per heavy atom. The minimum Gasteiger partial charge on any atom is -0.488 e. The summed E-state index contributed by atoms with van der Waals surface area (Å²) in [7, 11) is 0. The van der Waals surface area contributed by atoms with E-state index in [0.717, 1.165) is 36.8 Å². The number of hydrogen-bond donors (Lipinski definition) is 2. The minimum absolute atomic E-state index is 0.133. The third-order valence-electron chi connectivity index (χ3n) is 7.79. The van der Waals surface area contributed by atoms with Crippen LogP contribution in [-0.2, 0) is 18.4 Å². The van der Waals surface area contributed by atoms with E-state index in [9.17, 15) is 15.0 Å². The summed E-state index contributed by atoms with van der Waals surface area (Å²) in [5.74, 6) is -0.611. The van der Waals surface area contributed by atoms with Crippen molar-refractivity contribution in [1.82, 2.24) is 0 Å². The third-order valence-corrected chi connectivity index (χ3v) is 7.79. The topological polar surface area (TPSA) is 66.8 Å². The molecule has 0 saturated heterocycles. The number of carboxylic acid groups (broad SMARTS) is 1. The molecule has 0 bridgehead atoms. The molecule has 0 aliphatic carbocycles. The van der Waals surface area contributed by atoms with Gasteiger partial charge in [-0.25, -0.2) is 4.79 Å². The van der Waals surface area contributed by atoms with Gasteiger partial charge in [-0.2, -0.15) is 0 Å². The van der Waals surface area contributed by atoms with E-state index in [1.54, 1.807) is 12.1 Å². The Bertz CT molecular complexity index is 1190. The van der Waals surface area contributed by atoms with Crippen LogP contribution in [0.4, 0.5) is 0 Å². The van der Waals surface area contributed by atoms with E-state index in [4.69, 9.17) is 4.74 Å². The van der Waals surface area contributed by atoms with Gasteiger partial charge in [0.25, 0.3) is 0 Å². The zero-order valence-corrected chi connectivity index (χ0v) is 23.2. The number of aryl methyl sites for hydroxylation is 2. The van der Waals surface area contributed by atoms with Crippen LogP contribution < -0.4 is 4.74 Å². The maximum Gasteiger partial charge on any atom is 0.339 e. The lowest BCUT2D eigenvalue weighted by Gasteiger charge is -2.34. The molecule has 1 unspecified atom stereocenters. The van der Waals surface area contributed by atoms with Crippen molar-refractivity contribution in [2.45, 2.75) is 85.4 Å². The van der Waals surface area contributed by atoms with Gasteiger partial charge in [0.2, 0.25) is 0 Å². The van der Waals surface area contributed by atoms with Crippen LogP contribution in [0.5, 0.6) is 5.75 Å². The highest BCUT2D eigenvalue weighted by Crippen LogP contribution is 2.41. The van der Waals surface area contributed by atoms with E-state index < -0.39 is 5.97 Å². The van der Waals surface area contributed by atoms with Crippen molar-refractivity contribution in [2.75, 3.05) is 0 Å². The summed E-state index contributed by atoms with van der Waals surface area (Å²) in [5.41, 5.74) is 5.34. The molecule has 0 saturated carbocycles. The molecule has 0 aromatic heterocycles. The van der Waals surface area contributed by atoms with Gasteiger partial charge in [0.1, 0.15) is 17.9 Å². The Balaban J connectivity index is 1.92. The lowest BCUT2D eigenvalue weighted by atomic mass is 9.69. The number of carbonyl (C=O) groups is 1. The first-order chi connectivity index (χ1) is 17.5. The third kappa shape index (κ3) is 6.61. The second-order valence-corrected chi connectivity index (χ2v) is 11.1. The molecule has 4 heteroatoms. The Morgan fingerprint density at radius 2 is 1.54 bits per heavy atom. The number of carboxylic acids is 1. The fourth-order valence-corrected chi connectivity index (χ4v) is 5.09. The Labute approximate surface area is 222 Å². The maximum atomic E-state index is 12.2. The van der Waals surface area contributed by atoms with Gasteiger partial charge in [-0.05, 0) is 78.0 Å². The predicted molar refractivity (Wildman–Crippen MR) is 150 cm³/mol. The number of hydrogen-bond acceptors (Lipinski definition) is 3. The molecule has 0 spiro atoms. The van der Waals surface area contributed by atoms with Crippen LogP contribution in [-0.4, -0.2) is 22.3 Å². The first kappa shape index (κ1) is 28.5. The zero-order chi connectivity index (χ0) is 27.2. The van der Waals surface area contributed by atoms with Gasteiger partial charge in [0.15, 0.2) is 0 Å². The average Bonchev–Trinajstić information content (AvgIpc) is 2.88. The largest absolute Gasteiger partial charge is 0.488 e. The molecule has 3 aromatic carbocycles. The minimum atomic E-state index is -0.991. The van der Waals surface area contributed by atoms with Crippen LogP contribution in [0.15, 0.2) is 66.7 Å². The SMILES string of the molecule is CCC(CC)(c1ccc(CCC(O)C(C)(C)C)c(C)c1)c1ccc(OCc2ccccc2)c(C(=O)O)c1. The summed E-state index contributed by atoms with van der Waals surface area (Å²) in [5, 5.41) is 20.5. The summed E-state index contributed by atoms with van der Waals surface area (Å²) >= 11 is 0. The molecular weight excluding hydrogens is 460 g/mol. The monoisotopic (exact) mass is 502 g/mol. The zero-order valence-electron chi connectivity index (χ0n) is 23.2. The van der Waals surface area contributed by atoms with E-state index in [-0.39, 0.29) is 22.5 Å². The molecule has 0 aliphatic heterocycles. The summed E-state index contributed by atoms with van der Waals surface area (Å²) in [6.07, 6.45) is 2.88. The van der Waals surface area contributed by atoms with Crippen molar-refractivity contribution in [2.24, 2.45) is 5.41 Å². The molecule has 3 aromatic rings. The van der Waals surface area contributed by atoms with E-state index in [2.05, 4.69) is 59.7 Å². The van der Waals surface area contributed by atoms with Gasteiger partial charge in [-0.3, -0.25) is 0 Å². The lowest BCUT2D eigenvalue weighted by molar-refractivity contribution is 0.0559. The van der Waals surface area contributed by atoms with Crippen molar-refractivity contribution in [1.29, 1.82) is 0 Å². The Kier molecular flexibility index (Phi) is 9.20. The normalized spacial score (nSPS) is 12.8. The molecular formula is C33H42O4. The summed E-state index contributed by atoms with van der Waals surface area (Å²) in [4.78, 5) is 12.2. The average molecular weight is 503 g/mol. The van der Waals surface area contributed by atoms with Crippen molar-refractivity contribution in [3.63, 3.8) is 0 Å². The quantitative estimate of drug-likeness (QED) is 0.282. The Hall–Kier alpha value is -3.11. The second-order valence-electron chi connectivity index (χ2n) is 11.1. The summed E-state index contributed by atoms with van der Waals surface area (Å²) < 4.78 is 5.93. The van der Waals surface area contributed by atoms with Crippen LogP contribution in [0, 0.1) is 12.3 Å². The smallest absolute Gasteiger partial charge is 0.339 e. The highest BCUT2D eigenvalue weighted by Gasteiger charge is 2.32. The molecule has 1 atom stereocenters. The summed E-state index contributed by atoms with van der Waals surface area (Å²) in [6.45, 7) is 13.0. The molecule has 2 N–H and O–H groups in total. The van der Waals surface area contributed by atoms with Gasteiger partial charge < -0.3 is 14.9 Å². The number of aromatic carboxylic acids is 1. The molecule has 0 aliphatic rings. The van der Waals surface area contributed by atoms with Gasteiger partial charge in [0, 0.05) is 5.41 Å². The van der Waals surface area contributed by atoms with Gasteiger partial charge >= 0.3 is 5.97 Å². The van der Waals surface area contributed by atoms with Gasteiger partial charge in [-0.15, -0.1) is 0 Å². The molecule has 198 valence electrons. The molecule has 0 fully saturated rings. The lowest BCUT2D eigenvalue weighted by Crippen LogP contribution is -2.27. The van der Waals surface area contributed by atoms with E-state index >= 15 is 0 Å². The fraction of sp³-hybridized carbons (Fsp3) is 0.424. The van der Waals surface area contributed by atoms with Gasteiger partial charge in [-0.1, -0.05) is 89.2 Å². The van der Waals surface area contributed by atoms with Crippen LogP contribution in [0.25, 0.3) is 0 Å². The maximum absolute atomic E-state index is 12.2. The van der Waals surface area contributed by atoms with Crippen LogP contribution in [0.2, 0.25) is 0 Å². The van der Waals surface area contributed by atoms with Crippen molar-refractivity contribution < 1.29 is 19.7 Å². The van der Waals surface area contributed by atoms with Gasteiger partial charge in [0.05, 0.1) is 6.10 Å². The molecule has 0 radical (unpaired) electrons. The van der Waals surface area contributed by atoms with Crippen LogP contribution >= 0.6 is 0 Å². The van der Waals surface area contributed by atoms with Crippen LogP contribution in [0.1, 0.15) is 92.1 Å².